The molecule has 0 bridgehead atoms. The summed E-state index contributed by atoms with van der Waals surface area (Å²) in [6, 6.07) is 5.23. The van der Waals surface area contributed by atoms with E-state index in [9.17, 15) is 5.11 Å². The Hall–Kier alpha value is -3.36. The minimum absolute atomic E-state index is 0. The van der Waals surface area contributed by atoms with Crippen molar-refractivity contribution in [3.8, 4) is 5.75 Å². The first-order chi connectivity index (χ1) is 20.0. The van der Waals surface area contributed by atoms with Gasteiger partial charge in [-0.3, -0.25) is 4.99 Å². The highest BCUT2D eigenvalue weighted by Gasteiger charge is 2.43. The number of benzene rings is 1. The number of aliphatic imine (C=N–C) groups is 1. The van der Waals surface area contributed by atoms with Gasteiger partial charge in [-0.1, -0.05) is 33.8 Å². The number of hydrogen-bond donors (Lipinski definition) is 2. The number of H-pyrrole nitrogens is 1. The maximum absolute atomic E-state index is 15.0. The Labute approximate surface area is 244 Å². The SMILES string of the molecule is CC.CC.Cc1cc2c(F)c(OC3=CC=NC4=CC(OCCCN5CCC6(COC6)C5)=C(O)CC=C4C3)ccc2[nH]1.[HH]. The van der Waals surface area contributed by atoms with Crippen molar-refractivity contribution in [2.24, 2.45) is 10.4 Å². The second-order valence-electron chi connectivity index (χ2n) is 10.5. The molecule has 0 amide bonds. The van der Waals surface area contributed by atoms with Crippen LogP contribution in [0.4, 0.5) is 4.39 Å². The van der Waals surface area contributed by atoms with E-state index in [4.69, 9.17) is 14.2 Å². The molecular weight excluding hydrogens is 521 g/mol. The van der Waals surface area contributed by atoms with Crippen LogP contribution in [-0.4, -0.2) is 60.7 Å². The van der Waals surface area contributed by atoms with E-state index in [1.165, 1.54) is 6.42 Å². The molecule has 0 atom stereocenters. The Balaban J connectivity index is 0.000000929. The maximum Gasteiger partial charge on any atom is 0.175 e. The number of hydrogen-bond acceptors (Lipinski definition) is 6. The molecule has 2 fully saturated rings. The fourth-order valence-corrected chi connectivity index (χ4v) is 5.47. The number of aliphatic hydroxyl groups is 1. The summed E-state index contributed by atoms with van der Waals surface area (Å²) in [5.74, 6) is 0.988. The molecule has 224 valence electrons. The van der Waals surface area contributed by atoms with E-state index in [1.807, 2.05) is 46.8 Å². The average Bonchev–Trinajstić information content (AvgIpc) is 3.49. The summed E-state index contributed by atoms with van der Waals surface area (Å²) < 4.78 is 32.4. The number of likely N-dealkylation sites (tertiary alicyclic amines) is 1. The van der Waals surface area contributed by atoms with E-state index < -0.39 is 5.82 Å². The van der Waals surface area contributed by atoms with Gasteiger partial charge in [0.2, 0.25) is 0 Å². The van der Waals surface area contributed by atoms with Crippen molar-refractivity contribution in [2.75, 3.05) is 39.5 Å². The lowest BCUT2D eigenvalue weighted by Gasteiger charge is -2.37. The zero-order chi connectivity index (χ0) is 29.4. The summed E-state index contributed by atoms with van der Waals surface area (Å²) in [5, 5.41) is 11.1. The fourth-order valence-electron chi connectivity index (χ4n) is 5.47. The molecule has 8 heteroatoms. The molecule has 2 saturated heterocycles. The predicted molar refractivity (Wildman–Crippen MR) is 165 cm³/mol. The number of nitrogens with zero attached hydrogens (tertiary/aromatic N) is 2. The van der Waals surface area contributed by atoms with Crippen LogP contribution < -0.4 is 4.74 Å². The summed E-state index contributed by atoms with van der Waals surface area (Å²) in [5.41, 5.74) is 3.63. The van der Waals surface area contributed by atoms with Crippen LogP contribution in [0.5, 0.6) is 5.75 Å². The standard InChI is InChI=1S/C29H32FN3O4.2C2H6.H2/c1-19-13-22-23(32-19)4-6-26(28(22)30)37-21-7-9-31-24-15-27(25(34)5-3-20(24)14-21)36-12-2-10-33-11-8-29(16-33)17-35-18-29;2*1-2;/h3-4,6-7,9,13,15,32,34H,2,5,8,10-12,14,16-18H2,1H3;2*1-2H3;1H. The number of nitrogens with one attached hydrogen (secondary N) is 1. The predicted octanol–water partition coefficient (Wildman–Crippen LogP) is 7.76. The Morgan fingerprint density at radius 2 is 2.02 bits per heavy atom. The smallest absolute Gasteiger partial charge is 0.175 e. The van der Waals surface area contributed by atoms with E-state index in [1.54, 1.807) is 30.5 Å². The van der Waals surface area contributed by atoms with Crippen molar-refractivity contribution in [1.29, 1.82) is 0 Å². The van der Waals surface area contributed by atoms with Crippen molar-refractivity contribution in [2.45, 2.75) is 60.3 Å². The van der Waals surface area contributed by atoms with Crippen molar-refractivity contribution in [3.63, 3.8) is 0 Å². The molecule has 2 N–H and O–H groups in total. The van der Waals surface area contributed by atoms with Gasteiger partial charge in [-0.25, -0.2) is 4.39 Å². The highest BCUT2D eigenvalue weighted by molar-refractivity contribution is 5.83. The first-order valence-electron chi connectivity index (χ1n) is 14.9. The lowest BCUT2D eigenvalue weighted by Crippen LogP contribution is -2.44. The molecule has 0 saturated carbocycles. The van der Waals surface area contributed by atoms with Gasteiger partial charge in [0.15, 0.2) is 17.3 Å². The van der Waals surface area contributed by atoms with Crippen LogP contribution in [0.25, 0.3) is 10.9 Å². The normalized spacial score (nSPS) is 19.4. The first-order valence-corrected chi connectivity index (χ1v) is 14.9. The van der Waals surface area contributed by atoms with Crippen LogP contribution in [0, 0.1) is 18.2 Å². The minimum atomic E-state index is -0.394. The number of aromatic nitrogens is 1. The molecule has 0 unspecified atom stereocenters. The quantitative estimate of drug-likeness (QED) is 0.334. The summed E-state index contributed by atoms with van der Waals surface area (Å²) in [6.07, 6.45) is 9.97. The van der Waals surface area contributed by atoms with Gasteiger partial charge in [0.05, 0.1) is 25.5 Å². The molecule has 0 radical (unpaired) electrons. The lowest BCUT2D eigenvalue weighted by atomic mass is 9.85. The largest absolute Gasteiger partial charge is 0.508 e. The first kappa shape index (κ1) is 30.6. The molecule has 2 aromatic rings. The number of ether oxygens (including phenoxy) is 3. The van der Waals surface area contributed by atoms with Gasteiger partial charge in [0, 0.05) is 61.7 Å². The van der Waals surface area contributed by atoms with Crippen LogP contribution in [0.1, 0.15) is 60.5 Å². The van der Waals surface area contributed by atoms with Crippen molar-refractivity contribution in [3.05, 3.63) is 76.5 Å². The van der Waals surface area contributed by atoms with Gasteiger partial charge >= 0.3 is 0 Å². The number of halogens is 1. The second-order valence-corrected chi connectivity index (χ2v) is 10.5. The summed E-state index contributed by atoms with van der Waals surface area (Å²) in [4.78, 5) is 10.2. The molecule has 1 spiro atoms. The third-order valence-electron chi connectivity index (χ3n) is 7.55. The van der Waals surface area contributed by atoms with E-state index in [2.05, 4.69) is 14.9 Å². The molecule has 4 heterocycles. The van der Waals surface area contributed by atoms with Crippen LogP contribution in [-0.2, 0) is 9.47 Å². The molecule has 3 aliphatic heterocycles. The molecule has 1 aliphatic carbocycles. The number of aromatic amines is 1. The molecule has 4 aliphatic rings. The van der Waals surface area contributed by atoms with E-state index >= 15 is 4.39 Å². The zero-order valence-corrected chi connectivity index (χ0v) is 25.1. The van der Waals surface area contributed by atoms with Crippen LogP contribution in [0.3, 0.4) is 0 Å². The number of rotatable bonds is 7. The number of aliphatic hydroxyl groups excluding tert-OH is 1. The van der Waals surface area contributed by atoms with Crippen molar-refractivity contribution < 1.29 is 25.1 Å². The fraction of sp³-hybridized carbons (Fsp3) is 0.485. The van der Waals surface area contributed by atoms with Crippen molar-refractivity contribution in [1.82, 2.24) is 9.88 Å². The molecular formula is C33H46FN3O4. The second kappa shape index (κ2) is 14.0. The van der Waals surface area contributed by atoms with E-state index in [0.717, 1.165) is 56.1 Å². The lowest BCUT2D eigenvalue weighted by molar-refractivity contribution is -0.105. The van der Waals surface area contributed by atoms with Crippen LogP contribution in [0.2, 0.25) is 0 Å². The van der Waals surface area contributed by atoms with Gasteiger partial charge in [0.25, 0.3) is 0 Å². The Kier molecular flexibility index (Phi) is 10.5. The van der Waals surface area contributed by atoms with Gasteiger partial charge in [0.1, 0.15) is 11.5 Å². The summed E-state index contributed by atoms with van der Waals surface area (Å²) in [7, 11) is 0. The highest BCUT2D eigenvalue weighted by atomic mass is 19.1. The summed E-state index contributed by atoms with van der Waals surface area (Å²) >= 11 is 0. The van der Waals surface area contributed by atoms with Gasteiger partial charge in [-0.05, 0) is 56.2 Å². The Morgan fingerprint density at radius 3 is 2.76 bits per heavy atom. The van der Waals surface area contributed by atoms with Gasteiger partial charge in [-0.15, -0.1) is 0 Å². The third kappa shape index (κ3) is 7.11. The van der Waals surface area contributed by atoms with Crippen molar-refractivity contribution >= 4 is 17.1 Å². The van der Waals surface area contributed by atoms with E-state index in [0.29, 0.717) is 47.5 Å². The maximum atomic E-state index is 15.0. The van der Waals surface area contributed by atoms with E-state index in [-0.39, 0.29) is 12.9 Å². The van der Waals surface area contributed by atoms with Gasteiger partial charge < -0.3 is 29.2 Å². The number of aryl methyl sites for hydroxylation is 1. The van der Waals surface area contributed by atoms with Crippen LogP contribution >= 0.6 is 0 Å². The topological polar surface area (TPSA) is 79.3 Å². The van der Waals surface area contributed by atoms with Gasteiger partial charge in [-0.2, -0.15) is 0 Å². The Morgan fingerprint density at radius 1 is 1.22 bits per heavy atom. The zero-order valence-electron chi connectivity index (χ0n) is 25.1. The Bertz CT molecular complexity index is 1370. The average molecular weight is 568 g/mol. The number of fused-ring (bicyclic) bond motifs is 2. The highest BCUT2D eigenvalue weighted by Crippen LogP contribution is 2.37. The molecule has 1 aromatic heterocycles. The molecule has 7 nitrogen and oxygen atoms in total. The number of allylic oxidation sites excluding steroid dienone is 5. The monoisotopic (exact) mass is 567 g/mol. The summed E-state index contributed by atoms with van der Waals surface area (Å²) in [6.45, 7) is 15.4. The third-order valence-corrected chi connectivity index (χ3v) is 7.55. The molecule has 1 aromatic carbocycles. The molecule has 6 rings (SSSR count). The van der Waals surface area contributed by atoms with Crippen LogP contribution in [0.15, 0.2) is 70.0 Å². The molecule has 41 heavy (non-hydrogen) atoms. The minimum Gasteiger partial charge on any atom is -0.508 e.